The SMILES string of the molecule is CN(Cc1ccccc1)S(=O)(=O)N1CC[C@@]23OCCN2C(=O)C[C@@H]13. The molecule has 4 rings (SSSR count). The van der Waals surface area contributed by atoms with Gasteiger partial charge in [0.05, 0.1) is 12.6 Å². The zero-order valence-corrected chi connectivity index (χ0v) is 14.4. The van der Waals surface area contributed by atoms with Crippen molar-refractivity contribution >= 4 is 16.1 Å². The summed E-state index contributed by atoms with van der Waals surface area (Å²) in [5, 5.41) is 0. The molecule has 0 N–H and O–H groups in total. The second kappa shape index (κ2) is 5.52. The molecule has 3 heterocycles. The summed E-state index contributed by atoms with van der Waals surface area (Å²) in [7, 11) is -2.07. The smallest absolute Gasteiger partial charge is 0.282 e. The maximum Gasteiger partial charge on any atom is 0.282 e. The predicted molar refractivity (Wildman–Crippen MR) is 87.0 cm³/mol. The van der Waals surface area contributed by atoms with Crippen molar-refractivity contribution in [3.8, 4) is 0 Å². The normalized spacial score (nSPS) is 30.2. The Balaban J connectivity index is 1.58. The molecule has 0 saturated carbocycles. The number of nitrogens with zero attached hydrogens (tertiary/aromatic N) is 3. The van der Waals surface area contributed by atoms with E-state index in [0.717, 1.165) is 5.56 Å². The van der Waals surface area contributed by atoms with Gasteiger partial charge in [0.25, 0.3) is 10.2 Å². The van der Waals surface area contributed by atoms with Gasteiger partial charge in [-0.05, 0) is 5.56 Å². The molecule has 130 valence electrons. The van der Waals surface area contributed by atoms with Crippen LogP contribution in [0.3, 0.4) is 0 Å². The van der Waals surface area contributed by atoms with Crippen LogP contribution in [0.1, 0.15) is 18.4 Å². The molecule has 24 heavy (non-hydrogen) atoms. The lowest BCUT2D eigenvalue weighted by molar-refractivity contribution is -0.136. The highest BCUT2D eigenvalue weighted by Crippen LogP contribution is 2.46. The van der Waals surface area contributed by atoms with Gasteiger partial charge in [0, 0.05) is 39.5 Å². The first-order chi connectivity index (χ1) is 11.4. The minimum absolute atomic E-state index is 0.0110. The number of carbonyl (C=O) groups is 1. The van der Waals surface area contributed by atoms with Crippen molar-refractivity contribution in [2.75, 3.05) is 26.7 Å². The molecule has 0 bridgehead atoms. The van der Waals surface area contributed by atoms with Crippen LogP contribution < -0.4 is 0 Å². The van der Waals surface area contributed by atoms with Crippen LogP contribution in [0.15, 0.2) is 30.3 Å². The predicted octanol–water partition coefficient (Wildman–Crippen LogP) is 0.396. The molecule has 3 aliphatic heterocycles. The molecule has 1 amide bonds. The number of carbonyl (C=O) groups excluding carboxylic acids is 1. The molecule has 8 heteroatoms. The van der Waals surface area contributed by atoms with Crippen molar-refractivity contribution in [3.63, 3.8) is 0 Å². The molecule has 0 aliphatic carbocycles. The Hall–Kier alpha value is -1.48. The van der Waals surface area contributed by atoms with E-state index in [2.05, 4.69) is 0 Å². The standard InChI is InChI=1S/C16H21N3O4S/c1-17(12-13-5-3-2-4-6-13)24(21,22)19-8-7-16-14(19)11-15(20)18(16)9-10-23-16/h2-6,14H,7-12H2,1H3/t14-,16+/m1/s1. The average Bonchev–Trinajstić information content (AvgIpc) is 3.19. The van der Waals surface area contributed by atoms with Gasteiger partial charge in [0.1, 0.15) is 0 Å². The summed E-state index contributed by atoms with van der Waals surface area (Å²) in [5.74, 6) is -0.0110. The quantitative estimate of drug-likeness (QED) is 0.787. The molecule has 1 spiro atoms. The van der Waals surface area contributed by atoms with Gasteiger partial charge < -0.3 is 9.64 Å². The van der Waals surface area contributed by atoms with Crippen LogP contribution in [0.2, 0.25) is 0 Å². The van der Waals surface area contributed by atoms with E-state index >= 15 is 0 Å². The summed E-state index contributed by atoms with van der Waals surface area (Å²) >= 11 is 0. The third-order valence-electron chi connectivity index (χ3n) is 5.29. The summed E-state index contributed by atoms with van der Waals surface area (Å²) in [6, 6.07) is 9.06. The third-order valence-corrected chi connectivity index (χ3v) is 7.24. The van der Waals surface area contributed by atoms with Crippen molar-refractivity contribution in [2.24, 2.45) is 0 Å². The van der Waals surface area contributed by atoms with Gasteiger partial charge in [-0.25, -0.2) is 0 Å². The Morgan fingerprint density at radius 3 is 2.79 bits per heavy atom. The summed E-state index contributed by atoms with van der Waals surface area (Å²) in [4.78, 5) is 13.9. The number of amides is 1. The van der Waals surface area contributed by atoms with E-state index in [0.29, 0.717) is 32.7 Å². The highest BCUT2D eigenvalue weighted by molar-refractivity contribution is 7.86. The van der Waals surface area contributed by atoms with Crippen molar-refractivity contribution in [2.45, 2.75) is 31.2 Å². The highest BCUT2D eigenvalue weighted by atomic mass is 32.2. The van der Waals surface area contributed by atoms with E-state index in [-0.39, 0.29) is 12.3 Å². The molecule has 3 fully saturated rings. The minimum atomic E-state index is -3.65. The first kappa shape index (κ1) is 16.0. The number of hydrogen-bond donors (Lipinski definition) is 0. The molecule has 0 aromatic heterocycles. The zero-order valence-electron chi connectivity index (χ0n) is 13.6. The molecule has 3 aliphatic rings. The van der Waals surface area contributed by atoms with Crippen LogP contribution in [0.25, 0.3) is 0 Å². The number of hydrogen-bond acceptors (Lipinski definition) is 4. The van der Waals surface area contributed by atoms with Crippen molar-refractivity contribution in [1.82, 2.24) is 13.5 Å². The second-order valence-electron chi connectivity index (χ2n) is 6.57. The fourth-order valence-electron chi connectivity index (χ4n) is 4.13. The van der Waals surface area contributed by atoms with Crippen molar-refractivity contribution in [1.29, 1.82) is 0 Å². The van der Waals surface area contributed by atoms with Gasteiger partial charge in [-0.3, -0.25) is 4.79 Å². The fourth-order valence-corrected chi connectivity index (χ4v) is 5.68. The first-order valence-corrected chi connectivity index (χ1v) is 9.56. The van der Waals surface area contributed by atoms with E-state index in [9.17, 15) is 13.2 Å². The summed E-state index contributed by atoms with van der Waals surface area (Å²) in [6.07, 6.45) is 0.750. The summed E-state index contributed by atoms with van der Waals surface area (Å²) in [5.41, 5.74) is 0.191. The number of ether oxygens (including phenoxy) is 1. The zero-order chi connectivity index (χ0) is 16.9. The lowest BCUT2D eigenvalue weighted by Crippen LogP contribution is -2.51. The van der Waals surface area contributed by atoms with Crippen LogP contribution in [-0.4, -0.2) is 66.3 Å². The van der Waals surface area contributed by atoms with Gasteiger partial charge in [0.15, 0.2) is 5.72 Å². The average molecular weight is 351 g/mol. The van der Waals surface area contributed by atoms with Crippen LogP contribution in [0, 0.1) is 0 Å². The number of rotatable bonds is 4. The molecule has 1 aromatic carbocycles. The van der Waals surface area contributed by atoms with Crippen LogP contribution in [-0.2, 0) is 26.3 Å². The van der Waals surface area contributed by atoms with Crippen LogP contribution >= 0.6 is 0 Å². The van der Waals surface area contributed by atoms with Crippen LogP contribution in [0.5, 0.6) is 0 Å². The van der Waals surface area contributed by atoms with Crippen molar-refractivity contribution in [3.05, 3.63) is 35.9 Å². The molecule has 1 aromatic rings. The summed E-state index contributed by atoms with van der Waals surface area (Å²) < 4.78 is 34.7. The van der Waals surface area contributed by atoms with Gasteiger partial charge in [-0.1, -0.05) is 30.3 Å². The monoisotopic (exact) mass is 351 g/mol. The van der Waals surface area contributed by atoms with E-state index in [1.165, 1.54) is 8.61 Å². The Morgan fingerprint density at radius 1 is 1.29 bits per heavy atom. The Kier molecular flexibility index (Phi) is 3.68. The van der Waals surface area contributed by atoms with E-state index < -0.39 is 22.0 Å². The van der Waals surface area contributed by atoms with Gasteiger partial charge >= 0.3 is 0 Å². The van der Waals surface area contributed by atoms with Gasteiger partial charge in [0.2, 0.25) is 5.91 Å². The fraction of sp³-hybridized carbons (Fsp3) is 0.562. The topological polar surface area (TPSA) is 70.2 Å². The molecule has 2 atom stereocenters. The Labute approximate surface area is 142 Å². The van der Waals surface area contributed by atoms with Gasteiger partial charge in [-0.2, -0.15) is 17.0 Å². The lowest BCUT2D eigenvalue weighted by Gasteiger charge is -2.32. The lowest BCUT2D eigenvalue weighted by atomic mass is 10.1. The van der Waals surface area contributed by atoms with E-state index in [1.807, 2.05) is 30.3 Å². The van der Waals surface area contributed by atoms with Gasteiger partial charge in [-0.15, -0.1) is 0 Å². The van der Waals surface area contributed by atoms with Crippen LogP contribution in [0.4, 0.5) is 0 Å². The Morgan fingerprint density at radius 2 is 2.04 bits per heavy atom. The molecule has 3 saturated heterocycles. The molecular formula is C16H21N3O4S. The Bertz CT molecular complexity index is 754. The summed E-state index contributed by atoms with van der Waals surface area (Å²) in [6.45, 7) is 1.73. The molecule has 0 radical (unpaired) electrons. The highest BCUT2D eigenvalue weighted by Gasteiger charge is 2.64. The van der Waals surface area contributed by atoms with E-state index in [4.69, 9.17) is 4.74 Å². The third kappa shape index (κ3) is 2.21. The number of benzene rings is 1. The minimum Gasteiger partial charge on any atom is -0.352 e. The van der Waals surface area contributed by atoms with E-state index in [1.54, 1.807) is 11.9 Å². The first-order valence-electron chi connectivity index (χ1n) is 8.16. The van der Waals surface area contributed by atoms with Crippen molar-refractivity contribution < 1.29 is 17.9 Å². The maximum atomic E-state index is 13.0. The molecule has 7 nitrogen and oxygen atoms in total. The maximum absolute atomic E-state index is 13.0. The molecule has 0 unspecified atom stereocenters. The second-order valence-corrected chi connectivity index (χ2v) is 8.56. The largest absolute Gasteiger partial charge is 0.352 e. The molecular weight excluding hydrogens is 330 g/mol.